The van der Waals surface area contributed by atoms with Gasteiger partial charge in [-0.1, -0.05) is 23.2 Å². The fraction of sp³-hybridized carbons (Fsp3) is 0. The second-order valence-corrected chi connectivity index (χ2v) is 4.37. The molecule has 0 spiro atoms. The van der Waals surface area contributed by atoms with Crippen LogP contribution in [0.2, 0.25) is 10.0 Å². The predicted octanol–water partition coefficient (Wildman–Crippen LogP) is 1.59. The summed E-state index contributed by atoms with van der Waals surface area (Å²) in [6.45, 7) is 0. The van der Waals surface area contributed by atoms with Gasteiger partial charge < -0.3 is 0 Å². The van der Waals surface area contributed by atoms with Crippen LogP contribution in [0.25, 0.3) is 0 Å². The van der Waals surface area contributed by atoms with E-state index in [1.165, 1.54) is 6.07 Å². The third kappa shape index (κ3) is 4.16. The van der Waals surface area contributed by atoms with Crippen LogP contribution in [0, 0.1) is 0 Å². The van der Waals surface area contributed by atoms with Crippen molar-refractivity contribution in [2.45, 2.75) is 4.90 Å². The zero-order valence-electron chi connectivity index (χ0n) is 5.66. The van der Waals surface area contributed by atoms with E-state index in [-0.39, 0.29) is 44.5 Å². The van der Waals surface area contributed by atoms with Gasteiger partial charge in [-0.2, -0.15) is 8.42 Å². The first-order chi connectivity index (χ1) is 5.39. The molecule has 0 heterocycles. The molecular weight excluding hydrogens is 246 g/mol. The van der Waals surface area contributed by atoms with Gasteiger partial charge in [0, 0.05) is 10.0 Å². The van der Waals surface area contributed by atoms with Crippen molar-refractivity contribution >= 4 is 62.9 Å². The van der Waals surface area contributed by atoms with E-state index in [0.717, 1.165) is 12.1 Å². The molecule has 0 saturated carbocycles. The molecule has 0 aliphatic carbocycles. The Morgan fingerprint density at radius 2 is 1.46 bits per heavy atom. The number of hydrogen-bond acceptors (Lipinski definition) is 2. The quantitative estimate of drug-likeness (QED) is 0.609. The van der Waals surface area contributed by atoms with Crippen molar-refractivity contribution in [3.63, 3.8) is 0 Å². The molecule has 0 aliphatic heterocycles. The van der Waals surface area contributed by atoms with E-state index in [0.29, 0.717) is 0 Å². The van der Waals surface area contributed by atoms with Crippen LogP contribution in [0.1, 0.15) is 0 Å². The summed E-state index contributed by atoms with van der Waals surface area (Å²) in [5.41, 5.74) is 0. The summed E-state index contributed by atoms with van der Waals surface area (Å²) in [5.74, 6) is 0. The van der Waals surface area contributed by atoms with Gasteiger partial charge in [-0.25, -0.2) is 0 Å². The van der Waals surface area contributed by atoms with E-state index >= 15 is 0 Å². The van der Waals surface area contributed by atoms with Crippen LogP contribution in [0.3, 0.4) is 0 Å². The molecule has 0 atom stereocenters. The fourth-order valence-corrected chi connectivity index (χ4v) is 1.88. The Balaban J connectivity index is 0.00000144. The Morgan fingerprint density at radius 3 is 1.77 bits per heavy atom. The van der Waals surface area contributed by atoms with Crippen LogP contribution < -0.4 is 0 Å². The predicted molar refractivity (Wildman–Crippen MR) is 53.4 cm³/mol. The summed E-state index contributed by atoms with van der Waals surface area (Å²) in [5, 5.41) is 0.324. The SMILES string of the molecule is O=S(=O)(O)c1cc(Cl)cc(Cl)c1.[NaH]. The maximum absolute atomic E-state index is 10.6. The molecular formula is C6H5Cl2NaO3S. The third-order valence-electron chi connectivity index (χ3n) is 1.13. The summed E-state index contributed by atoms with van der Waals surface area (Å²) in [4.78, 5) is -0.306. The topological polar surface area (TPSA) is 54.4 Å². The summed E-state index contributed by atoms with van der Waals surface area (Å²) in [7, 11) is -4.22. The van der Waals surface area contributed by atoms with Crippen molar-refractivity contribution in [3.05, 3.63) is 28.2 Å². The number of halogens is 2. The molecule has 68 valence electrons. The summed E-state index contributed by atoms with van der Waals surface area (Å²) in [6.07, 6.45) is 0. The van der Waals surface area contributed by atoms with E-state index in [9.17, 15) is 8.42 Å². The molecule has 1 N–H and O–H groups in total. The molecule has 1 aromatic carbocycles. The average Bonchev–Trinajstić information content (AvgIpc) is 1.82. The molecule has 0 unspecified atom stereocenters. The molecule has 7 heteroatoms. The molecule has 0 amide bonds. The first-order valence-electron chi connectivity index (χ1n) is 2.83. The zero-order chi connectivity index (χ0) is 9.35. The Labute approximate surface area is 108 Å². The van der Waals surface area contributed by atoms with Gasteiger partial charge in [0.25, 0.3) is 10.1 Å². The molecule has 0 radical (unpaired) electrons. The van der Waals surface area contributed by atoms with Gasteiger partial charge >= 0.3 is 29.6 Å². The zero-order valence-corrected chi connectivity index (χ0v) is 7.99. The summed E-state index contributed by atoms with van der Waals surface area (Å²) in [6, 6.07) is 3.60. The van der Waals surface area contributed by atoms with Crippen LogP contribution in [-0.4, -0.2) is 42.5 Å². The minimum atomic E-state index is -4.22. The van der Waals surface area contributed by atoms with E-state index in [2.05, 4.69) is 0 Å². The molecule has 0 aliphatic rings. The van der Waals surface area contributed by atoms with Gasteiger partial charge in [-0.3, -0.25) is 4.55 Å². The van der Waals surface area contributed by atoms with Crippen LogP contribution in [0.4, 0.5) is 0 Å². The second-order valence-electron chi connectivity index (χ2n) is 2.08. The molecule has 0 fully saturated rings. The standard InChI is InChI=1S/C6H4Cl2O3S.Na.H/c7-4-1-5(8)3-6(2-4)12(9,10)11;;/h1-3H,(H,9,10,11);;. The van der Waals surface area contributed by atoms with Crippen LogP contribution in [-0.2, 0) is 10.1 Å². The van der Waals surface area contributed by atoms with Gasteiger partial charge in [0.05, 0.1) is 4.90 Å². The van der Waals surface area contributed by atoms with Gasteiger partial charge in [0.1, 0.15) is 0 Å². The number of rotatable bonds is 1. The van der Waals surface area contributed by atoms with E-state index in [1.54, 1.807) is 0 Å². The van der Waals surface area contributed by atoms with Crippen LogP contribution in [0.5, 0.6) is 0 Å². The van der Waals surface area contributed by atoms with Crippen molar-refractivity contribution in [2.75, 3.05) is 0 Å². The summed E-state index contributed by atoms with van der Waals surface area (Å²) < 4.78 is 29.7. The second kappa shape index (κ2) is 4.98. The van der Waals surface area contributed by atoms with Crippen molar-refractivity contribution in [1.82, 2.24) is 0 Å². The van der Waals surface area contributed by atoms with Crippen molar-refractivity contribution in [2.24, 2.45) is 0 Å². The minimum absolute atomic E-state index is 0. The van der Waals surface area contributed by atoms with Crippen LogP contribution in [0.15, 0.2) is 23.1 Å². The Kier molecular flexibility index (Phi) is 5.25. The van der Waals surface area contributed by atoms with Crippen molar-refractivity contribution in [1.29, 1.82) is 0 Å². The third-order valence-corrected chi connectivity index (χ3v) is 2.40. The monoisotopic (exact) mass is 250 g/mol. The van der Waals surface area contributed by atoms with Gasteiger partial charge in [0.15, 0.2) is 0 Å². The molecule has 0 aromatic heterocycles. The molecule has 0 saturated heterocycles. The van der Waals surface area contributed by atoms with Gasteiger partial charge in [0.2, 0.25) is 0 Å². The number of hydrogen-bond donors (Lipinski definition) is 1. The molecule has 1 rings (SSSR count). The normalized spacial score (nSPS) is 10.7. The fourth-order valence-electron chi connectivity index (χ4n) is 0.677. The first kappa shape index (κ1) is 13.7. The Hall–Kier alpha value is 0.710. The Morgan fingerprint density at radius 1 is 1.08 bits per heavy atom. The van der Waals surface area contributed by atoms with Crippen LogP contribution >= 0.6 is 23.2 Å². The molecule has 3 nitrogen and oxygen atoms in total. The van der Waals surface area contributed by atoms with E-state index in [4.69, 9.17) is 27.8 Å². The molecule has 1 aromatic rings. The van der Waals surface area contributed by atoms with Gasteiger partial charge in [-0.05, 0) is 18.2 Å². The molecule has 0 bridgehead atoms. The van der Waals surface area contributed by atoms with Gasteiger partial charge in [-0.15, -0.1) is 0 Å². The van der Waals surface area contributed by atoms with E-state index < -0.39 is 10.1 Å². The Bertz CT molecular complexity index is 384. The van der Waals surface area contributed by atoms with Crippen molar-refractivity contribution < 1.29 is 13.0 Å². The molecule has 13 heavy (non-hydrogen) atoms. The first-order valence-corrected chi connectivity index (χ1v) is 5.03. The van der Waals surface area contributed by atoms with E-state index in [1.807, 2.05) is 0 Å². The summed E-state index contributed by atoms with van der Waals surface area (Å²) >= 11 is 11.0. The average molecular weight is 251 g/mol. The maximum atomic E-state index is 10.6. The van der Waals surface area contributed by atoms with Crippen molar-refractivity contribution in [3.8, 4) is 0 Å². The number of benzene rings is 1.